The maximum Gasteiger partial charge on any atom is 0.306 e. The number of benzene rings is 3. The van der Waals surface area contributed by atoms with Crippen molar-refractivity contribution in [3.05, 3.63) is 106 Å². The van der Waals surface area contributed by atoms with Gasteiger partial charge in [-0.2, -0.15) is 8.78 Å². The predicted molar refractivity (Wildman–Crippen MR) is 187 cm³/mol. The number of aryl methyl sites for hydroxylation is 1. The summed E-state index contributed by atoms with van der Waals surface area (Å²) in [5.41, 5.74) is 0.511. The molecule has 0 unspecified atom stereocenters. The highest BCUT2D eigenvalue weighted by Gasteiger charge is 2.40. The number of anilines is 1. The van der Waals surface area contributed by atoms with Gasteiger partial charge in [0.2, 0.25) is 0 Å². The lowest BCUT2D eigenvalue weighted by Crippen LogP contribution is -2.36. The van der Waals surface area contributed by atoms with Gasteiger partial charge in [-0.05, 0) is 49.1 Å². The van der Waals surface area contributed by atoms with Crippen LogP contribution in [0.5, 0.6) is 11.5 Å². The van der Waals surface area contributed by atoms with Crippen molar-refractivity contribution in [3.63, 3.8) is 0 Å². The summed E-state index contributed by atoms with van der Waals surface area (Å²) < 4.78 is 70.1. The smallest absolute Gasteiger partial charge is 0.306 e. The fourth-order valence-corrected chi connectivity index (χ4v) is 8.47. The van der Waals surface area contributed by atoms with Gasteiger partial charge in [0.1, 0.15) is 11.5 Å². The SMILES string of the molecule is COc1ccc(Cn2c(C(F)(F)CCS(=O)(=O)c3ccccc3)nc3sc(N4CCC[C@@H]4C(=O)CCc4ccccc4)nc3c2=O)c(OC)c1. The van der Waals surface area contributed by atoms with Crippen LogP contribution in [0.4, 0.5) is 13.9 Å². The summed E-state index contributed by atoms with van der Waals surface area (Å²) in [4.78, 5) is 38.1. The van der Waals surface area contributed by atoms with E-state index in [2.05, 4.69) is 9.97 Å². The van der Waals surface area contributed by atoms with Gasteiger partial charge in [0, 0.05) is 31.0 Å². The highest BCUT2D eigenvalue weighted by Crippen LogP contribution is 2.37. The normalized spacial score (nSPS) is 15.0. The molecule has 3 aromatic carbocycles. The van der Waals surface area contributed by atoms with Crippen LogP contribution in [0.2, 0.25) is 0 Å². The zero-order valence-corrected chi connectivity index (χ0v) is 29.2. The second-order valence-electron chi connectivity index (χ2n) is 12.0. The molecular formula is C36H36F2N4O6S2. The van der Waals surface area contributed by atoms with E-state index in [1.165, 1.54) is 38.5 Å². The maximum absolute atomic E-state index is 16.3. The van der Waals surface area contributed by atoms with Gasteiger partial charge < -0.3 is 14.4 Å². The standard InChI is InChI=1S/C36H36F2N4O6S2/c1-47-26-17-16-25(30(22-26)48-2)23-42-33(44)31-32(40-34(42)36(37,38)19-21-50(45,46)27-12-7-4-8-13-27)49-35(39-31)41-20-9-14-28(41)29(43)18-15-24-10-5-3-6-11-24/h3-8,10-13,16-17,22,28H,9,14-15,18-21,23H2,1-2H3/t28-/m1/s1. The van der Waals surface area contributed by atoms with Crippen molar-refractivity contribution in [2.45, 2.75) is 55.5 Å². The predicted octanol–water partition coefficient (Wildman–Crippen LogP) is 6.05. The average molecular weight is 723 g/mol. The van der Waals surface area contributed by atoms with Gasteiger partial charge in [-0.15, -0.1) is 0 Å². The fraction of sp³-hybridized carbons (Fsp3) is 0.333. The first kappa shape index (κ1) is 35.1. The lowest BCUT2D eigenvalue weighted by atomic mass is 10.0. The van der Waals surface area contributed by atoms with Crippen molar-refractivity contribution >= 4 is 42.4 Å². The van der Waals surface area contributed by atoms with Gasteiger partial charge in [0.05, 0.1) is 37.5 Å². The van der Waals surface area contributed by atoms with E-state index in [0.717, 1.165) is 27.9 Å². The van der Waals surface area contributed by atoms with Crippen molar-refractivity contribution in [1.29, 1.82) is 0 Å². The van der Waals surface area contributed by atoms with E-state index in [9.17, 15) is 18.0 Å². The molecule has 2 aromatic heterocycles. The van der Waals surface area contributed by atoms with Gasteiger partial charge in [0.25, 0.3) is 5.56 Å². The number of hydrogen-bond donors (Lipinski definition) is 0. The molecule has 10 nitrogen and oxygen atoms in total. The Morgan fingerprint density at radius 3 is 2.42 bits per heavy atom. The van der Waals surface area contributed by atoms with E-state index in [0.29, 0.717) is 48.0 Å². The van der Waals surface area contributed by atoms with Crippen LogP contribution in [0.25, 0.3) is 10.3 Å². The van der Waals surface area contributed by atoms with Crippen molar-refractivity contribution < 1.29 is 31.5 Å². The highest BCUT2D eigenvalue weighted by molar-refractivity contribution is 7.91. The molecule has 0 saturated carbocycles. The number of methoxy groups -OCH3 is 2. The third-order valence-electron chi connectivity index (χ3n) is 8.82. The van der Waals surface area contributed by atoms with Crippen molar-refractivity contribution in [2.75, 3.05) is 31.4 Å². The van der Waals surface area contributed by atoms with Crippen LogP contribution in [-0.2, 0) is 33.5 Å². The summed E-state index contributed by atoms with van der Waals surface area (Å²) in [7, 11) is -1.18. The van der Waals surface area contributed by atoms with Crippen LogP contribution in [0.3, 0.4) is 0 Å². The largest absolute Gasteiger partial charge is 0.497 e. The molecule has 0 bridgehead atoms. The van der Waals surface area contributed by atoms with E-state index in [1.807, 2.05) is 35.2 Å². The first-order valence-corrected chi connectivity index (χ1v) is 18.6. The minimum Gasteiger partial charge on any atom is -0.497 e. The van der Waals surface area contributed by atoms with Crippen LogP contribution in [0.15, 0.2) is 88.6 Å². The Hall–Kier alpha value is -4.69. The number of carbonyl (C=O) groups is 1. The molecule has 14 heteroatoms. The van der Waals surface area contributed by atoms with Crippen LogP contribution in [-0.4, -0.2) is 61.3 Å². The van der Waals surface area contributed by atoms with E-state index < -0.39 is 45.4 Å². The number of alkyl halides is 2. The molecule has 262 valence electrons. The molecule has 5 aromatic rings. The van der Waals surface area contributed by atoms with Crippen molar-refractivity contribution in [3.8, 4) is 11.5 Å². The molecule has 1 saturated heterocycles. The summed E-state index contributed by atoms with van der Waals surface area (Å²) >= 11 is 0.968. The average Bonchev–Trinajstić information content (AvgIpc) is 3.80. The molecule has 3 heterocycles. The van der Waals surface area contributed by atoms with E-state index in [4.69, 9.17) is 9.47 Å². The Labute approximate surface area is 292 Å². The molecule has 50 heavy (non-hydrogen) atoms. The zero-order valence-electron chi connectivity index (χ0n) is 27.6. The lowest BCUT2D eigenvalue weighted by Gasteiger charge is -2.22. The number of nitrogens with zero attached hydrogens (tertiary/aromatic N) is 4. The monoisotopic (exact) mass is 722 g/mol. The number of sulfone groups is 1. The van der Waals surface area contributed by atoms with E-state index in [1.54, 1.807) is 24.3 Å². The number of ether oxygens (including phenoxy) is 2. The molecule has 1 atom stereocenters. The van der Waals surface area contributed by atoms with Crippen LogP contribution in [0.1, 0.15) is 42.6 Å². The van der Waals surface area contributed by atoms with E-state index >= 15 is 8.78 Å². The number of hydrogen-bond acceptors (Lipinski definition) is 10. The Morgan fingerprint density at radius 1 is 1.00 bits per heavy atom. The summed E-state index contributed by atoms with van der Waals surface area (Å²) in [5.74, 6) is -4.80. The number of Topliss-reactive ketones (excluding diaryl/α,β-unsaturated/α-hetero) is 1. The summed E-state index contributed by atoms with van der Waals surface area (Å²) in [6.45, 7) is 0.154. The van der Waals surface area contributed by atoms with Gasteiger partial charge in [0.15, 0.2) is 36.9 Å². The minimum atomic E-state index is -4.07. The molecule has 1 aliphatic rings. The molecule has 6 rings (SSSR count). The second-order valence-corrected chi connectivity index (χ2v) is 15.1. The molecule has 0 aliphatic carbocycles. The maximum atomic E-state index is 16.3. The number of thiazole rings is 1. The number of fused-ring (bicyclic) bond motifs is 1. The molecular weight excluding hydrogens is 687 g/mol. The number of ketones is 1. The quantitative estimate of drug-likeness (QED) is 0.135. The number of aromatic nitrogens is 3. The number of rotatable bonds is 14. The van der Waals surface area contributed by atoms with Gasteiger partial charge in [-0.3, -0.25) is 14.2 Å². The second kappa shape index (κ2) is 14.7. The van der Waals surface area contributed by atoms with E-state index in [-0.39, 0.29) is 27.6 Å². The molecule has 0 N–H and O–H groups in total. The molecule has 0 amide bonds. The fourth-order valence-electron chi connectivity index (χ4n) is 6.13. The Bertz CT molecular complexity index is 2160. The van der Waals surface area contributed by atoms with Gasteiger partial charge >= 0.3 is 5.92 Å². The summed E-state index contributed by atoms with van der Waals surface area (Å²) in [5, 5.41) is 0.348. The molecule has 0 spiro atoms. The zero-order chi connectivity index (χ0) is 35.5. The Balaban J connectivity index is 1.37. The Morgan fingerprint density at radius 2 is 1.72 bits per heavy atom. The molecule has 0 radical (unpaired) electrons. The van der Waals surface area contributed by atoms with Crippen LogP contribution in [0, 0.1) is 0 Å². The molecule has 1 aliphatic heterocycles. The first-order valence-electron chi connectivity index (χ1n) is 16.1. The van der Waals surface area contributed by atoms with Gasteiger partial charge in [-0.1, -0.05) is 59.9 Å². The summed E-state index contributed by atoms with van der Waals surface area (Å²) in [6.07, 6.45) is 1.14. The lowest BCUT2D eigenvalue weighted by molar-refractivity contribution is -0.120. The Kier molecular flexibility index (Phi) is 10.3. The molecule has 1 fully saturated rings. The number of halogens is 2. The van der Waals surface area contributed by atoms with Crippen molar-refractivity contribution in [1.82, 2.24) is 14.5 Å². The minimum absolute atomic E-state index is 0.0223. The topological polar surface area (TPSA) is 121 Å². The van der Waals surface area contributed by atoms with Crippen LogP contribution < -0.4 is 19.9 Å². The highest BCUT2D eigenvalue weighted by atomic mass is 32.2. The van der Waals surface area contributed by atoms with Crippen molar-refractivity contribution in [2.24, 2.45) is 0 Å². The number of carbonyl (C=O) groups excluding carboxylic acids is 1. The third-order valence-corrected chi connectivity index (χ3v) is 11.5. The summed E-state index contributed by atoms with van der Waals surface area (Å²) in [6, 6.07) is 21.4. The first-order chi connectivity index (χ1) is 24.0. The van der Waals surface area contributed by atoms with Gasteiger partial charge in [-0.25, -0.2) is 18.4 Å². The third kappa shape index (κ3) is 7.41. The van der Waals surface area contributed by atoms with Crippen LogP contribution >= 0.6 is 11.3 Å².